The van der Waals surface area contributed by atoms with Crippen LogP contribution in [0.15, 0.2) is 0 Å². The van der Waals surface area contributed by atoms with E-state index in [4.69, 9.17) is 4.74 Å². The number of rotatable bonds is 7. The Morgan fingerprint density at radius 1 is 1.36 bits per heavy atom. The number of hydrogen-bond donors (Lipinski definition) is 1. The van der Waals surface area contributed by atoms with Gasteiger partial charge in [-0.05, 0) is 38.5 Å². The highest BCUT2D eigenvalue weighted by atomic mass is 32.2. The molecule has 1 aliphatic rings. The van der Waals surface area contributed by atoms with Crippen molar-refractivity contribution in [1.29, 1.82) is 0 Å². The van der Waals surface area contributed by atoms with Crippen LogP contribution in [-0.4, -0.2) is 37.8 Å². The van der Waals surface area contributed by atoms with Crippen molar-refractivity contribution in [1.82, 2.24) is 5.32 Å². The van der Waals surface area contributed by atoms with Crippen LogP contribution in [0.1, 0.15) is 32.1 Å². The molecule has 1 saturated carbocycles. The van der Waals surface area contributed by atoms with Gasteiger partial charge in [0.05, 0.1) is 0 Å². The summed E-state index contributed by atoms with van der Waals surface area (Å²) in [6.45, 7) is 2.06. The van der Waals surface area contributed by atoms with E-state index in [1.165, 1.54) is 32.1 Å². The number of hydrogen-bond acceptors (Lipinski definition) is 3. The van der Waals surface area contributed by atoms with E-state index in [0.717, 1.165) is 24.4 Å². The van der Waals surface area contributed by atoms with E-state index in [-0.39, 0.29) is 0 Å². The fourth-order valence-electron chi connectivity index (χ4n) is 2.10. The molecule has 0 aliphatic heterocycles. The molecule has 0 spiro atoms. The van der Waals surface area contributed by atoms with Gasteiger partial charge in [0.1, 0.15) is 0 Å². The summed E-state index contributed by atoms with van der Waals surface area (Å²) in [5, 5.41) is 4.52. The second-order valence-corrected chi connectivity index (χ2v) is 5.04. The molecule has 1 rings (SSSR count). The molecule has 0 aromatic carbocycles. The molecule has 0 bridgehead atoms. The lowest BCUT2D eigenvalue weighted by Gasteiger charge is -2.18. The fourth-order valence-corrected chi connectivity index (χ4v) is 3.06. The molecule has 0 aromatic rings. The number of nitrogens with one attached hydrogen (secondary N) is 1. The van der Waals surface area contributed by atoms with Crippen molar-refractivity contribution < 1.29 is 4.74 Å². The molecule has 2 unspecified atom stereocenters. The first-order valence-corrected chi connectivity index (χ1v) is 6.92. The van der Waals surface area contributed by atoms with Crippen LogP contribution in [0.3, 0.4) is 0 Å². The van der Waals surface area contributed by atoms with E-state index in [0.29, 0.717) is 0 Å². The van der Waals surface area contributed by atoms with Crippen LogP contribution in [-0.2, 0) is 4.74 Å². The minimum Gasteiger partial charge on any atom is -0.385 e. The molecule has 1 fully saturated rings. The lowest BCUT2D eigenvalue weighted by Crippen LogP contribution is -2.34. The van der Waals surface area contributed by atoms with Gasteiger partial charge >= 0.3 is 0 Å². The minimum absolute atomic E-state index is 0.771. The molecule has 14 heavy (non-hydrogen) atoms. The van der Waals surface area contributed by atoms with Crippen LogP contribution in [0.5, 0.6) is 0 Å². The van der Waals surface area contributed by atoms with Crippen LogP contribution in [0.4, 0.5) is 0 Å². The predicted octanol–water partition coefficient (Wildman–Crippen LogP) is 2.29. The zero-order valence-corrected chi connectivity index (χ0v) is 10.2. The van der Waals surface area contributed by atoms with Crippen molar-refractivity contribution in [2.75, 3.05) is 26.5 Å². The molecule has 3 heteroatoms. The highest BCUT2D eigenvalue weighted by molar-refractivity contribution is 7.99. The normalized spacial score (nSPS) is 27.0. The molecule has 1 N–H and O–H groups in total. The van der Waals surface area contributed by atoms with E-state index in [9.17, 15) is 0 Å². The maximum atomic E-state index is 5.02. The zero-order chi connectivity index (χ0) is 10.2. The fraction of sp³-hybridized carbons (Fsp3) is 1.00. The molecule has 2 nitrogen and oxygen atoms in total. The maximum absolute atomic E-state index is 5.02. The molecule has 0 amide bonds. The second kappa shape index (κ2) is 7.55. The smallest absolute Gasteiger partial charge is 0.0462 e. The van der Waals surface area contributed by atoms with Gasteiger partial charge < -0.3 is 10.1 Å². The Morgan fingerprint density at radius 2 is 2.21 bits per heavy atom. The standard InChI is InChI=1S/C11H23NOS/c1-13-9-4-3-8-12-10-6-5-7-11(10)14-2/h10-12H,3-9H2,1-2H3. The summed E-state index contributed by atoms with van der Waals surface area (Å²) in [6.07, 6.45) is 8.83. The molecule has 0 aromatic heterocycles. The number of unbranched alkanes of at least 4 members (excludes halogenated alkanes) is 1. The minimum atomic E-state index is 0.771. The molecule has 0 saturated heterocycles. The average Bonchev–Trinajstić information content (AvgIpc) is 2.65. The molecule has 2 atom stereocenters. The average molecular weight is 217 g/mol. The van der Waals surface area contributed by atoms with Gasteiger partial charge in [0.15, 0.2) is 0 Å². The zero-order valence-electron chi connectivity index (χ0n) is 9.42. The molecular formula is C11H23NOS. The summed E-state index contributed by atoms with van der Waals surface area (Å²) >= 11 is 2.02. The number of methoxy groups -OCH3 is 1. The van der Waals surface area contributed by atoms with Gasteiger partial charge in [-0.3, -0.25) is 0 Å². The largest absolute Gasteiger partial charge is 0.385 e. The van der Waals surface area contributed by atoms with Crippen molar-refractivity contribution in [3.63, 3.8) is 0 Å². The van der Waals surface area contributed by atoms with Gasteiger partial charge in [-0.25, -0.2) is 0 Å². The van der Waals surface area contributed by atoms with Gasteiger partial charge in [-0.1, -0.05) is 6.42 Å². The number of thioether (sulfide) groups is 1. The Bertz CT molecular complexity index is 143. The summed E-state index contributed by atoms with van der Waals surface area (Å²) in [6, 6.07) is 0.771. The van der Waals surface area contributed by atoms with Crippen molar-refractivity contribution in [2.24, 2.45) is 0 Å². The lowest BCUT2D eigenvalue weighted by atomic mass is 10.2. The van der Waals surface area contributed by atoms with Gasteiger partial charge in [-0.2, -0.15) is 11.8 Å². The third-order valence-electron chi connectivity index (χ3n) is 2.94. The van der Waals surface area contributed by atoms with Crippen molar-refractivity contribution in [3.8, 4) is 0 Å². The van der Waals surface area contributed by atoms with E-state index < -0.39 is 0 Å². The first kappa shape index (κ1) is 12.3. The predicted molar refractivity (Wildman–Crippen MR) is 64.1 cm³/mol. The topological polar surface area (TPSA) is 21.3 Å². The van der Waals surface area contributed by atoms with E-state index >= 15 is 0 Å². The van der Waals surface area contributed by atoms with E-state index in [1.54, 1.807) is 7.11 Å². The van der Waals surface area contributed by atoms with E-state index in [1.807, 2.05) is 11.8 Å². The molecule has 84 valence electrons. The highest BCUT2D eigenvalue weighted by Gasteiger charge is 2.25. The van der Waals surface area contributed by atoms with Gasteiger partial charge in [-0.15, -0.1) is 0 Å². The summed E-state index contributed by atoms with van der Waals surface area (Å²) < 4.78 is 5.02. The van der Waals surface area contributed by atoms with Crippen LogP contribution in [0, 0.1) is 0 Å². The summed E-state index contributed by atoms with van der Waals surface area (Å²) in [7, 11) is 1.77. The SMILES string of the molecule is COCCCCNC1CCCC1SC. The van der Waals surface area contributed by atoms with Gasteiger partial charge in [0.2, 0.25) is 0 Å². The molecule has 1 aliphatic carbocycles. The van der Waals surface area contributed by atoms with Crippen LogP contribution in [0.2, 0.25) is 0 Å². The Morgan fingerprint density at radius 3 is 2.93 bits per heavy atom. The summed E-state index contributed by atoms with van der Waals surface area (Å²) in [5.41, 5.74) is 0. The molecular weight excluding hydrogens is 194 g/mol. The van der Waals surface area contributed by atoms with Crippen LogP contribution >= 0.6 is 11.8 Å². The third-order valence-corrected chi connectivity index (χ3v) is 4.11. The van der Waals surface area contributed by atoms with Crippen LogP contribution in [0.25, 0.3) is 0 Å². The lowest BCUT2D eigenvalue weighted by molar-refractivity contribution is 0.192. The van der Waals surface area contributed by atoms with Crippen molar-refractivity contribution in [2.45, 2.75) is 43.4 Å². The van der Waals surface area contributed by atoms with Crippen molar-refractivity contribution >= 4 is 11.8 Å². The quantitative estimate of drug-likeness (QED) is 0.661. The van der Waals surface area contributed by atoms with Crippen molar-refractivity contribution in [3.05, 3.63) is 0 Å². The summed E-state index contributed by atoms with van der Waals surface area (Å²) in [4.78, 5) is 0. The Balaban J connectivity index is 2.00. The third kappa shape index (κ3) is 4.20. The van der Waals surface area contributed by atoms with Gasteiger partial charge in [0.25, 0.3) is 0 Å². The second-order valence-electron chi connectivity index (χ2n) is 3.97. The van der Waals surface area contributed by atoms with E-state index in [2.05, 4.69) is 11.6 Å². The Labute approximate surface area is 92.2 Å². The monoisotopic (exact) mass is 217 g/mol. The highest BCUT2D eigenvalue weighted by Crippen LogP contribution is 2.28. The first-order valence-electron chi connectivity index (χ1n) is 5.63. The number of ether oxygens (including phenoxy) is 1. The maximum Gasteiger partial charge on any atom is 0.0462 e. The Hall–Kier alpha value is 0.270. The molecule has 0 radical (unpaired) electrons. The summed E-state index contributed by atoms with van der Waals surface area (Å²) in [5.74, 6) is 0. The molecule has 0 heterocycles. The van der Waals surface area contributed by atoms with Crippen LogP contribution < -0.4 is 5.32 Å². The van der Waals surface area contributed by atoms with Gasteiger partial charge in [0, 0.05) is 25.0 Å². The Kier molecular flexibility index (Phi) is 6.65. The first-order chi connectivity index (χ1) is 6.88.